The molecule has 0 bridgehead atoms. The smallest absolute Gasteiger partial charge is 0.304 e. The van der Waals surface area contributed by atoms with Crippen LogP contribution in [0.25, 0.3) is 0 Å². The summed E-state index contributed by atoms with van der Waals surface area (Å²) < 4.78 is 0. The van der Waals surface area contributed by atoms with Gasteiger partial charge >= 0.3 is 4.87 Å². The largest absolute Gasteiger partial charge is 0.315 e. The average molecular weight is 309 g/mol. The third kappa shape index (κ3) is 3.41. The van der Waals surface area contributed by atoms with Gasteiger partial charge in [-0.25, -0.2) is 0 Å². The molecule has 1 atom stereocenters. The summed E-state index contributed by atoms with van der Waals surface area (Å²) >= 11 is 1.28. The van der Waals surface area contributed by atoms with Crippen molar-refractivity contribution in [1.82, 2.24) is 15.2 Å². The Bertz CT molecular complexity index is 516. The van der Waals surface area contributed by atoms with E-state index in [4.69, 9.17) is 0 Å². The first-order chi connectivity index (χ1) is 10.1. The summed E-state index contributed by atoms with van der Waals surface area (Å²) in [6, 6.07) is 0.556. The summed E-state index contributed by atoms with van der Waals surface area (Å²) in [7, 11) is 0. The quantitative estimate of drug-likeness (QED) is 0.902. The molecule has 2 N–H and O–H groups in total. The number of rotatable bonds is 3. The van der Waals surface area contributed by atoms with Crippen molar-refractivity contribution >= 4 is 11.3 Å². The van der Waals surface area contributed by atoms with Gasteiger partial charge in [0.05, 0.1) is 0 Å². The Kier molecular flexibility index (Phi) is 4.52. The summed E-state index contributed by atoms with van der Waals surface area (Å²) in [5, 5.41) is 5.86. The second-order valence-electron chi connectivity index (χ2n) is 7.11. The highest BCUT2D eigenvalue weighted by Gasteiger charge is 2.40. The van der Waals surface area contributed by atoms with Crippen molar-refractivity contribution in [2.75, 3.05) is 13.1 Å². The van der Waals surface area contributed by atoms with E-state index in [1.54, 1.807) is 0 Å². The van der Waals surface area contributed by atoms with Crippen LogP contribution in [-0.2, 0) is 6.54 Å². The number of hydrogen-bond donors (Lipinski definition) is 2. The van der Waals surface area contributed by atoms with Crippen molar-refractivity contribution in [3.05, 3.63) is 20.7 Å². The molecular formula is C16H27N3OS. The molecule has 4 nitrogen and oxygen atoms in total. The van der Waals surface area contributed by atoms with Crippen molar-refractivity contribution in [3.63, 3.8) is 0 Å². The molecule has 3 rings (SSSR count). The highest BCUT2D eigenvalue weighted by molar-refractivity contribution is 7.07. The lowest BCUT2D eigenvalue weighted by atomic mass is 9.78. The topological polar surface area (TPSA) is 48.1 Å². The number of aromatic amines is 1. The molecule has 5 heteroatoms. The number of aromatic nitrogens is 1. The normalized spacial score (nSPS) is 26.5. The van der Waals surface area contributed by atoms with Crippen LogP contribution in [0, 0.1) is 5.92 Å². The lowest BCUT2D eigenvalue weighted by Crippen LogP contribution is -2.65. The van der Waals surface area contributed by atoms with E-state index in [1.807, 2.05) is 5.38 Å². The molecule has 0 amide bonds. The van der Waals surface area contributed by atoms with E-state index in [2.05, 4.69) is 29.0 Å². The third-order valence-corrected chi connectivity index (χ3v) is 5.90. The van der Waals surface area contributed by atoms with Gasteiger partial charge in [-0.15, -0.1) is 0 Å². The summed E-state index contributed by atoms with van der Waals surface area (Å²) in [6.07, 6.45) is 6.68. The standard InChI is InChI=1S/C16H27N3OS/c1-12(2)14-8-17-16(6-4-3-5-7-16)11-19(14)9-13-10-21-15(20)18-13/h10,12,14,17H,3-9,11H2,1-2H3,(H,18,20). The van der Waals surface area contributed by atoms with Crippen molar-refractivity contribution in [1.29, 1.82) is 0 Å². The minimum Gasteiger partial charge on any atom is -0.315 e. The average Bonchev–Trinajstić information content (AvgIpc) is 2.85. The van der Waals surface area contributed by atoms with Crippen LogP contribution in [0.4, 0.5) is 0 Å². The molecule has 2 heterocycles. The van der Waals surface area contributed by atoms with Gasteiger partial charge in [0.25, 0.3) is 0 Å². The summed E-state index contributed by atoms with van der Waals surface area (Å²) in [6.45, 7) is 7.67. The maximum Gasteiger partial charge on any atom is 0.304 e. The maximum atomic E-state index is 11.4. The molecular weight excluding hydrogens is 282 g/mol. The van der Waals surface area contributed by atoms with Gasteiger partial charge < -0.3 is 10.3 Å². The molecule has 0 aromatic carbocycles. The third-order valence-electron chi connectivity index (χ3n) is 5.19. The fraction of sp³-hybridized carbons (Fsp3) is 0.812. The van der Waals surface area contributed by atoms with E-state index in [1.165, 1.54) is 43.4 Å². The molecule has 21 heavy (non-hydrogen) atoms. The molecule has 118 valence electrons. The van der Waals surface area contributed by atoms with E-state index in [0.29, 0.717) is 17.5 Å². The Morgan fingerprint density at radius 3 is 2.76 bits per heavy atom. The molecule has 1 saturated carbocycles. The minimum absolute atomic E-state index is 0.0635. The summed E-state index contributed by atoms with van der Waals surface area (Å²) in [5.41, 5.74) is 1.39. The first-order valence-corrected chi connectivity index (χ1v) is 9.12. The van der Waals surface area contributed by atoms with E-state index in [9.17, 15) is 4.79 Å². The first kappa shape index (κ1) is 15.3. The van der Waals surface area contributed by atoms with Crippen LogP contribution >= 0.6 is 11.3 Å². The van der Waals surface area contributed by atoms with Crippen LogP contribution in [-0.4, -0.2) is 34.6 Å². The van der Waals surface area contributed by atoms with E-state index in [-0.39, 0.29) is 4.87 Å². The zero-order valence-corrected chi connectivity index (χ0v) is 14.0. The monoisotopic (exact) mass is 309 g/mol. The highest BCUT2D eigenvalue weighted by atomic mass is 32.1. The van der Waals surface area contributed by atoms with Gasteiger partial charge in [-0.2, -0.15) is 0 Å². The van der Waals surface area contributed by atoms with Gasteiger partial charge in [0, 0.05) is 42.3 Å². The molecule has 2 fully saturated rings. The zero-order chi connectivity index (χ0) is 14.9. The van der Waals surface area contributed by atoms with E-state index >= 15 is 0 Å². The number of nitrogens with one attached hydrogen (secondary N) is 2. The van der Waals surface area contributed by atoms with Crippen molar-refractivity contribution in [2.24, 2.45) is 5.92 Å². The Morgan fingerprint density at radius 1 is 1.38 bits per heavy atom. The summed E-state index contributed by atoms with van der Waals surface area (Å²) in [4.78, 5) is 17.0. The molecule has 1 spiro atoms. The minimum atomic E-state index is 0.0635. The number of piperazine rings is 1. The highest BCUT2D eigenvalue weighted by Crippen LogP contribution is 2.33. The number of thiazole rings is 1. The lowest BCUT2D eigenvalue weighted by molar-refractivity contribution is 0.0302. The predicted octanol–water partition coefficient (Wildman–Crippen LogP) is 2.57. The van der Waals surface area contributed by atoms with Crippen LogP contribution in [0.5, 0.6) is 0 Å². The van der Waals surface area contributed by atoms with Crippen molar-refractivity contribution in [3.8, 4) is 0 Å². The van der Waals surface area contributed by atoms with Crippen molar-refractivity contribution < 1.29 is 0 Å². The van der Waals surface area contributed by atoms with Crippen LogP contribution in [0.15, 0.2) is 10.2 Å². The lowest BCUT2D eigenvalue weighted by Gasteiger charge is -2.50. The fourth-order valence-corrected chi connectivity index (χ4v) is 4.59. The molecule has 1 saturated heterocycles. The van der Waals surface area contributed by atoms with Gasteiger partial charge in [-0.05, 0) is 18.8 Å². The van der Waals surface area contributed by atoms with Crippen molar-refractivity contribution in [2.45, 2.75) is 64.1 Å². The van der Waals surface area contributed by atoms with Gasteiger partial charge in [0.2, 0.25) is 0 Å². The van der Waals surface area contributed by atoms with Gasteiger partial charge in [0.15, 0.2) is 0 Å². The van der Waals surface area contributed by atoms with E-state index < -0.39 is 0 Å². The SMILES string of the molecule is CC(C)C1CNC2(CCCCC2)CN1Cc1csc(=O)[nH]1. The molecule has 1 aliphatic heterocycles. The van der Waals surface area contributed by atoms with Crippen LogP contribution in [0.2, 0.25) is 0 Å². The first-order valence-electron chi connectivity index (χ1n) is 8.24. The van der Waals surface area contributed by atoms with Gasteiger partial charge in [-0.3, -0.25) is 9.69 Å². The maximum absolute atomic E-state index is 11.4. The predicted molar refractivity (Wildman–Crippen MR) is 87.8 cm³/mol. The second kappa shape index (κ2) is 6.23. The molecule has 1 aliphatic carbocycles. The second-order valence-corrected chi connectivity index (χ2v) is 7.95. The molecule has 1 aromatic heterocycles. The van der Waals surface area contributed by atoms with E-state index in [0.717, 1.165) is 25.3 Å². The number of hydrogen-bond acceptors (Lipinski definition) is 4. The van der Waals surface area contributed by atoms with Crippen LogP contribution in [0.1, 0.15) is 51.6 Å². The van der Waals surface area contributed by atoms with Crippen LogP contribution in [0.3, 0.4) is 0 Å². The molecule has 1 aromatic rings. The Hall–Kier alpha value is -0.650. The fourth-order valence-electron chi connectivity index (χ4n) is 4.02. The number of nitrogens with zero attached hydrogens (tertiary/aromatic N) is 1. The zero-order valence-electron chi connectivity index (χ0n) is 13.2. The molecule has 2 aliphatic rings. The Morgan fingerprint density at radius 2 is 2.14 bits per heavy atom. The molecule has 0 radical (unpaired) electrons. The van der Waals surface area contributed by atoms with Gasteiger partial charge in [0.1, 0.15) is 0 Å². The summed E-state index contributed by atoms with van der Waals surface area (Å²) in [5.74, 6) is 0.629. The number of H-pyrrole nitrogens is 1. The van der Waals surface area contributed by atoms with Crippen LogP contribution < -0.4 is 10.2 Å². The Balaban J connectivity index is 1.76. The molecule has 1 unspecified atom stereocenters. The Labute approximate surface area is 130 Å². The van der Waals surface area contributed by atoms with Gasteiger partial charge in [-0.1, -0.05) is 44.4 Å².